The fourth-order valence-electron chi connectivity index (χ4n) is 3.83. The Morgan fingerprint density at radius 1 is 1.38 bits per heavy atom. The highest BCUT2D eigenvalue weighted by Crippen LogP contribution is 2.45. The van der Waals surface area contributed by atoms with Crippen LogP contribution in [0.5, 0.6) is 0 Å². The van der Waals surface area contributed by atoms with Crippen molar-refractivity contribution in [3.8, 4) is 6.07 Å². The number of rotatable bonds is 5. The average molecular weight is 497 g/mol. The summed E-state index contributed by atoms with van der Waals surface area (Å²) in [4.78, 5) is 20.6. The molecule has 3 rings (SSSR count). The molecule has 2 aromatic rings. The molecule has 0 saturated carbocycles. The number of amides is 1. The van der Waals surface area contributed by atoms with Crippen LogP contribution in [0.1, 0.15) is 40.5 Å². The Kier molecular flexibility index (Phi) is 7.45. The minimum Gasteiger partial charge on any atom is -0.378 e. The van der Waals surface area contributed by atoms with E-state index in [1.54, 1.807) is 6.92 Å². The number of pyridine rings is 1. The summed E-state index contributed by atoms with van der Waals surface area (Å²) in [6.45, 7) is 1.61. The third kappa shape index (κ3) is 4.84. The zero-order valence-corrected chi connectivity index (χ0v) is 18.9. The first kappa shape index (κ1) is 25.4. The Labute approximate surface area is 196 Å². The van der Waals surface area contributed by atoms with Crippen molar-refractivity contribution in [2.24, 2.45) is 16.6 Å². The maximum absolute atomic E-state index is 14.9. The van der Waals surface area contributed by atoms with Gasteiger partial charge in [0.25, 0.3) is 12.3 Å². The van der Waals surface area contributed by atoms with E-state index < -0.39 is 52.9 Å². The Morgan fingerprint density at radius 2 is 2.09 bits per heavy atom. The SMILES string of the molecule is Cc1cc(C#N)cnc1C(=O)Nc1cc(F)c(F)c([C@@]2(CF)N=C(N)SC(C(F)F)C[C@H]2C)c1. The number of benzene rings is 1. The van der Waals surface area contributed by atoms with Crippen molar-refractivity contribution in [3.05, 3.63) is 58.4 Å². The first-order chi connectivity index (χ1) is 16.0. The second-order valence-electron chi connectivity index (χ2n) is 7.91. The average Bonchev–Trinajstić information content (AvgIpc) is 2.91. The van der Waals surface area contributed by atoms with Gasteiger partial charge in [-0.15, -0.1) is 0 Å². The number of aryl methyl sites for hydroxylation is 1. The summed E-state index contributed by atoms with van der Waals surface area (Å²) in [6, 6.07) is 5.02. The molecule has 0 radical (unpaired) electrons. The molecular weight excluding hydrogens is 477 g/mol. The monoisotopic (exact) mass is 497 g/mol. The number of hydrogen-bond acceptors (Lipinski definition) is 6. The highest BCUT2D eigenvalue weighted by Gasteiger charge is 2.46. The van der Waals surface area contributed by atoms with Crippen LogP contribution < -0.4 is 11.1 Å². The molecule has 180 valence electrons. The zero-order chi connectivity index (χ0) is 25.2. The van der Waals surface area contributed by atoms with E-state index in [0.29, 0.717) is 23.4 Å². The maximum atomic E-state index is 14.9. The van der Waals surface area contributed by atoms with Gasteiger partial charge < -0.3 is 11.1 Å². The van der Waals surface area contributed by atoms with Gasteiger partial charge in [-0.1, -0.05) is 18.7 Å². The van der Waals surface area contributed by atoms with Crippen molar-refractivity contribution in [1.82, 2.24) is 4.98 Å². The number of aliphatic imine (C=N–C) groups is 1. The molecule has 12 heteroatoms. The van der Waals surface area contributed by atoms with Crippen LogP contribution in [0, 0.1) is 35.8 Å². The largest absolute Gasteiger partial charge is 0.378 e. The summed E-state index contributed by atoms with van der Waals surface area (Å²) < 4.78 is 70.7. The van der Waals surface area contributed by atoms with Crippen molar-refractivity contribution >= 4 is 28.5 Å². The van der Waals surface area contributed by atoms with E-state index in [9.17, 15) is 26.7 Å². The molecule has 3 N–H and O–H groups in total. The highest BCUT2D eigenvalue weighted by atomic mass is 32.2. The first-order valence-electron chi connectivity index (χ1n) is 10.1. The van der Waals surface area contributed by atoms with E-state index in [1.165, 1.54) is 19.2 Å². The second kappa shape index (κ2) is 9.97. The summed E-state index contributed by atoms with van der Waals surface area (Å²) in [5, 5.41) is 9.63. The number of aromatic nitrogens is 1. The minimum absolute atomic E-state index is 0.0632. The Hall–Kier alpha value is -3.20. The number of nitriles is 1. The number of carbonyl (C=O) groups excluding carboxylic acids is 1. The summed E-state index contributed by atoms with van der Waals surface area (Å²) in [5.74, 6) is -4.58. The molecule has 0 aliphatic carbocycles. The Bertz CT molecular complexity index is 1190. The van der Waals surface area contributed by atoms with E-state index >= 15 is 0 Å². The number of halogens is 5. The van der Waals surface area contributed by atoms with Crippen molar-refractivity contribution in [1.29, 1.82) is 5.26 Å². The van der Waals surface area contributed by atoms with Gasteiger partial charge in [0.15, 0.2) is 16.8 Å². The highest BCUT2D eigenvalue weighted by molar-refractivity contribution is 8.14. The number of hydrogen-bond donors (Lipinski definition) is 2. The van der Waals surface area contributed by atoms with Crippen LogP contribution in [0.3, 0.4) is 0 Å². The topological polar surface area (TPSA) is 104 Å². The van der Waals surface area contributed by atoms with Crippen LogP contribution >= 0.6 is 11.8 Å². The van der Waals surface area contributed by atoms with Gasteiger partial charge in [0.05, 0.1) is 10.8 Å². The van der Waals surface area contributed by atoms with Crippen LogP contribution in [0.15, 0.2) is 29.4 Å². The number of amidine groups is 1. The third-order valence-electron chi connectivity index (χ3n) is 5.64. The van der Waals surface area contributed by atoms with Gasteiger partial charge in [-0.05, 0) is 37.0 Å². The predicted molar refractivity (Wildman–Crippen MR) is 118 cm³/mol. The molecule has 0 spiro atoms. The maximum Gasteiger partial charge on any atom is 0.274 e. The normalized spacial score (nSPS) is 22.6. The number of nitrogens with two attached hydrogens (primary N) is 1. The molecule has 1 aromatic carbocycles. The van der Waals surface area contributed by atoms with E-state index in [4.69, 9.17) is 11.0 Å². The minimum atomic E-state index is -2.79. The number of carbonyl (C=O) groups is 1. The smallest absolute Gasteiger partial charge is 0.274 e. The molecule has 0 fully saturated rings. The van der Waals surface area contributed by atoms with Gasteiger partial charge in [-0.2, -0.15) is 5.26 Å². The second-order valence-corrected chi connectivity index (χ2v) is 9.17. The van der Waals surface area contributed by atoms with Crippen LogP contribution in [0.2, 0.25) is 0 Å². The van der Waals surface area contributed by atoms with Gasteiger partial charge >= 0.3 is 0 Å². The lowest BCUT2D eigenvalue weighted by molar-refractivity contribution is 0.102. The molecule has 2 heterocycles. The molecule has 1 aliphatic heterocycles. The molecule has 34 heavy (non-hydrogen) atoms. The fourth-order valence-corrected chi connectivity index (χ4v) is 4.85. The van der Waals surface area contributed by atoms with Gasteiger partial charge in [-0.25, -0.2) is 31.9 Å². The van der Waals surface area contributed by atoms with Gasteiger partial charge in [-0.3, -0.25) is 4.79 Å². The summed E-state index contributed by atoms with van der Waals surface area (Å²) in [6.07, 6.45) is -1.87. The molecular formula is C22H20F5N5OS. The quantitative estimate of drug-likeness (QED) is 0.584. The molecule has 1 amide bonds. The number of nitrogens with zero attached hydrogens (tertiary/aromatic N) is 3. The van der Waals surface area contributed by atoms with Gasteiger partial charge in [0.1, 0.15) is 24.0 Å². The van der Waals surface area contributed by atoms with Crippen LogP contribution in [-0.2, 0) is 5.54 Å². The molecule has 3 atom stereocenters. The lowest BCUT2D eigenvalue weighted by Gasteiger charge is -2.34. The van der Waals surface area contributed by atoms with E-state index in [-0.39, 0.29) is 28.5 Å². The van der Waals surface area contributed by atoms with Crippen LogP contribution in [-0.4, -0.2) is 34.4 Å². The van der Waals surface area contributed by atoms with Gasteiger partial charge in [0, 0.05) is 23.5 Å². The number of thioether (sulfide) groups is 1. The molecule has 0 saturated heterocycles. The van der Waals surface area contributed by atoms with Crippen LogP contribution in [0.25, 0.3) is 0 Å². The van der Waals surface area contributed by atoms with Crippen molar-refractivity contribution in [2.75, 3.05) is 12.0 Å². The Balaban J connectivity index is 2.05. The molecule has 0 bridgehead atoms. The van der Waals surface area contributed by atoms with Crippen molar-refractivity contribution in [3.63, 3.8) is 0 Å². The summed E-state index contributed by atoms with van der Waals surface area (Å²) in [7, 11) is 0. The van der Waals surface area contributed by atoms with Crippen molar-refractivity contribution in [2.45, 2.75) is 37.5 Å². The lowest BCUT2D eigenvalue weighted by Crippen LogP contribution is -2.37. The standard InChI is InChI=1S/C22H20F5N5OS/c1-10-3-12(7-28)8-30-18(10)20(33)31-13-5-14(17(25)15(24)6-13)22(9-23)11(2)4-16(19(26)27)34-21(29)32-22/h3,5-6,8,11,16,19H,4,9H2,1-2H3,(H2,29,32)(H,31,33)/t11-,16?,22+/m1/s1. The molecule has 1 aromatic heterocycles. The molecule has 1 aliphatic rings. The molecule has 1 unspecified atom stereocenters. The van der Waals surface area contributed by atoms with Crippen molar-refractivity contribution < 1.29 is 26.7 Å². The number of anilines is 1. The number of alkyl halides is 3. The first-order valence-corrected chi connectivity index (χ1v) is 10.9. The zero-order valence-electron chi connectivity index (χ0n) is 18.1. The van der Waals surface area contributed by atoms with E-state index in [0.717, 1.165) is 6.07 Å². The van der Waals surface area contributed by atoms with E-state index in [2.05, 4.69) is 15.3 Å². The van der Waals surface area contributed by atoms with E-state index in [1.807, 2.05) is 6.07 Å². The summed E-state index contributed by atoms with van der Waals surface area (Å²) in [5.41, 5.74) is 3.41. The third-order valence-corrected chi connectivity index (χ3v) is 6.68. The summed E-state index contributed by atoms with van der Waals surface area (Å²) >= 11 is 0.552. The Morgan fingerprint density at radius 3 is 2.68 bits per heavy atom. The van der Waals surface area contributed by atoms with Gasteiger partial charge in [0.2, 0.25) is 0 Å². The fraction of sp³-hybridized carbons (Fsp3) is 0.364. The lowest BCUT2D eigenvalue weighted by atomic mass is 9.77. The molecule has 6 nitrogen and oxygen atoms in total. The predicted octanol–water partition coefficient (Wildman–Crippen LogP) is 4.68. The number of nitrogens with one attached hydrogen (secondary N) is 1. The van der Waals surface area contributed by atoms with Crippen LogP contribution in [0.4, 0.5) is 27.6 Å².